The van der Waals surface area contributed by atoms with Crippen LogP contribution in [0.3, 0.4) is 0 Å². The van der Waals surface area contributed by atoms with Gasteiger partial charge in [-0.15, -0.1) is 0 Å². The van der Waals surface area contributed by atoms with Crippen molar-refractivity contribution in [1.82, 2.24) is 0 Å². The van der Waals surface area contributed by atoms with E-state index in [0.29, 0.717) is 5.39 Å². The van der Waals surface area contributed by atoms with E-state index in [0.717, 1.165) is 6.07 Å². The fourth-order valence-corrected chi connectivity index (χ4v) is 3.10. The monoisotopic (exact) mass is 380 g/mol. The minimum atomic E-state index is -1.68. The van der Waals surface area contributed by atoms with E-state index in [2.05, 4.69) is 0 Å². The zero-order valence-corrected chi connectivity index (χ0v) is 13.7. The Bertz CT molecular complexity index is 1040. The first-order chi connectivity index (χ1) is 12.9. The fourth-order valence-electron chi connectivity index (χ4n) is 3.10. The maximum atomic E-state index is 11.6. The third-order valence-electron chi connectivity index (χ3n) is 4.50. The van der Waals surface area contributed by atoms with Crippen molar-refractivity contribution >= 4 is 21.9 Å². The molecule has 10 heteroatoms. The highest BCUT2D eigenvalue weighted by Gasteiger charge is 2.45. The van der Waals surface area contributed by atoms with Crippen molar-refractivity contribution < 1.29 is 43.8 Å². The minimum absolute atomic E-state index is 0.0172. The van der Waals surface area contributed by atoms with E-state index in [4.69, 9.17) is 18.3 Å². The highest BCUT2D eigenvalue weighted by atomic mass is 16.7. The van der Waals surface area contributed by atoms with Crippen LogP contribution in [0.1, 0.15) is 0 Å². The highest BCUT2D eigenvalue weighted by molar-refractivity contribution is 6.08. The molecule has 0 radical (unpaired) electrons. The summed E-state index contributed by atoms with van der Waals surface area (Å²) in [5.74, 6) is -0.658. The molecule has 5 N–H and O–H groups in total. The number of phenolic OH excluding ortho intramolecular Hbond substituents is 1. The SMILES string of the molecule is O=c1ccc2c(O[C@@H]3O[C@@H](CO)[C@H](O)[C@H](O)[C@@H]3O)c(O)c3occc3c2o1. The Morgan fingerprint density at radius 2 is 1.78 bits per heavy atom. The third-order valence-corrected chi connectivity index (χ3v) is 4.50. The minimum Gasteiger partial charge on any atom is -0.502 e. The number of rotatable bonds is 3. The normalized spacial score (nSPS) is 28.7. The number of aliphatic hydroxyl groups is 4. The van der Waals surface area contributed by atoms with Crippen LogP contribution in [0.5, 0.6) is 11.5 Å². The van der Waals surface area contributed by atoms with Crippen molar-refractivity contribution in [3.05, 3.63) is 34.9 Å². The summed E-state index contributed by atoms with van der Waals surface area (Å²) >= 11 is 0. The van der Waals surface area contributed by atoms with Gasteiger partial charge in [0.25, 0.3) is 0 Å². The standard InChI is InChI=1S/C17H16O10/c18-5-8-10(20)11(21)12(22)17(25-8)27-16-6-1-2-9(19)26-14(6)7-3-4-24-15(7)13(16)23/h1-4,8,10-12,17-18,20-23H,5H2/t8-,10-,11-,12-,17-/m0/s1. The van der Waals surface area contributed by atoms with E-state index < -0.39 is 48.7 Å². The van der Waals surface area contributed by atoms with Crippen LogP contribution in [-0.2, 0) is 4.74 Å². The second-order valence-corrected chi connectivity index (χ2v) is 6.15. The summed E-state index contributed by atoms with van der Waals surface area (Å²) in [5.41, 5.74) is -0.561. The number of phenols is 1. The Morgan fingerprint density at radius 1 is 1.00 bits per heavy atom. The van der Waals surface area contributed by atoms with E-state index in [1.165, 1.54) is 18.4 Å². The molecule has 3 heterocycles. The van der Waals surface area contributed by atoms with Gasteiger partial charge in [0, 0.05) is 6.07 Å². The van der Waals surface area contributed by atoms with Crippen molar-refractivity contribution in [2.75, 3.05) is 6.61 Å². The summed E-state index contributed by atoms with van der Waals surface area (Å²) in [7, 11) is 0. The molecule has 0 unspecified atom stereocenters. The van der Waals surface area contributed by atoms with E-state index >= 15 is 0 Å². The smallest absolute Gasteiger partial charge is 0.336 e. The van der Waals surface area contributed by atoms with Crippen LogP contribution < -0.4 is 10.4 Å². The van der Waals surface area contributed by atoms with Gasteiger partial charge in [0.05, 0.1) is 23.6 Å². The van der Waals surface area contributed by atoms with Crippen molar-refractivity contribution in [1.29, 1.82) is 0 Å². The molecule has 0 aliphatic carbocycles. The number of fused-ring (bicyclic) bond motifs is 3. The molecule has 27 heavy (non-hydrogen) atoms. The van der Waals surface area contributed by atoms with Gasteiger partial charge >= 0.3 is 5.63 Å². The molecule has 4 rings (SSSR count). The van der Waals surface area contributed by atoms with Gasteiger partial charge in [-0.25, -0.2) is 4.79 Å². The Labute approximate surface area is 150 Å². The van der Waals surface area contributed by atoms with E-state index in [1.807, 2.05) is 0 Å². The van der Waals surface area contributed by atoms with Gasteiger partial charge in [0.1, 0.15) is 24.4 Å². The molecule has 1 aromatic carbocycles. The molecular weight excluding hydrogens is 364 g/mol. The summed E-state index contributed by atoms with van der Waals surface area (Å²) in [6, 6.07) is 3.97. The molecule has 1 fully saturated rings. The number of hydrogen-bond acceptors (Lipinski definition) is 10. The molecule has 3 aromatic rings. The number of aromatic hydroxyl groups is 1. The molecule has 1 saturated heterocycles. The Balaban J connectivity index is 1.83. The zero-order chi connectivity index (χ0) is 19.3. The first kappa shape index (κ1) is 17.8. The van der Waals surface area contributed by atoms with Crippen LogP contribution in [0.15, 0.2) is 38.1 Å². The number of hydrogen-bond donors (Lipinski definition) is 5. The largest absolute Gasteiger partial charge is 0.502 e. The first-order valence-electron chi connectivity index (χ1n) is 8.05. The van der Waals surface area contributed by atoms with Gasteiger partial charge in [-0.1, -0.05) is 0 Å². The average molecular weight is 380 g/mol. The maximum Gasteiger partial charge on any atom is 0.336 e. The number of aliphatic hydroxyl groups excluding tert-OH is 4. The maximum absolute atomic E-state index is 11.6. The van der Waals surface area contributed by atoms with Crippen molar-refractivity contribution in [2.24, 2.45) is 0 Å². The van der Waals surface area contributed by atoms with Crippen molar-refractivity contribution in [3.8, 4) is 11.5 Å². The average Bonchev–Trinajstić information content (AvgIpc) is 3.15. The van der Waals surface area contributed by atoms with Gasteiger partial charge in [0.15, 0.2) is 16.9 Å². The Kier molecular flexibility index (Phi) is 4.29. The third kappa shape index (κ3) is 2.74. The van der Waals surface area contributed by atoms with Crippen LogP contribution >= 0.6 is 0 Å². The van der Waals surface area contributed by atoms with Crippen LogP contribution in [0, 0.1) is 0 Å². The van der Waals surface area contributed by atoms with Crippen molar-refractivity contribution in [3.63, 3.8) is 0 Å². The van der Waals surface area contributed by atoms with Gasteiger partial charge in [-0.3, -0.25) is 0 Å². The molecule has 0 bridgehead atoms. The molecule has 1 aliphatic rings. The Morgan fingerprint density at radius 3 is 2.52 bits per heavy atom. The lowest BCUT2D eigenvalue weighted by Gasteiger charge is -2.39. The molecular formula is C17H16O10. The predicted octanol–water partition coefficient (Wildman–Crippen LogP) is -0.577. The van der Waals surface area contributed by atoms with Crippen LogP contribution in [0.4, 0.5) is 0 Å². The molecule has 144 valence electrons. The molecule has 5 atom stereocenters. The first-order valence-corrected chi connectivity index (χ1v) is 8.05. The van der Waals surface area contributed by atoms with E-state index in [1.54, 1.807) is 0 Å². The molecule has 10 nitrogen and oxygen atoms in total. The van der Waals surface area contributed by atoms with Gasteiger partial charge in [0.2, 0.25) is 12.0 Å². The lowest BCUT2D eigenvalue weighted by molar-refractivity contribution is -0.277. The summed E-state index contributed by atoms with van der Waals surface area (Å²) in [6.45, 7) is -0.635. The van der Waals surface area contributed by atoms with Gasteiger partial charge in [-0.05, 0) is 12.1 Å². The predicted molar refractivity (Wildman–Crippen MR) is 88.3 cm³/mol. The number of furan rings is 1. The second kappa shape index (κ2) is 6.51. The van der Waals surface area contributed by atoms with E-state index in [-0.39, 0.29) is 22.3 Å². The highest BCUT2D eigenvalue weighted by Crippen LogP contribution is 2.44. The molecule has 0 spiro atoms. The summed E-state index contributed by atoms with van der Waals surface area (Å²) < 4.78 is 21.2. The fraction of sp³-hybridized carbons (Fsp3) is 0.353. The second-order valence-electron chi connectivity index (χ2n) is 6.15. The molecule has 2 aromatic heterocycles. The van der Waals surface area contributed by atoms with Gasteiger partial charge in [-0.2, -0.15) is 0 Å². The summed E-state index contributed by atoms with van der Waals surface area (Å²) in [5, 5.41) is 50.2. The van der Waals surface area contributed by atoms with E-state index in [9.17, 15) is 30.3 Å². The summed E-state index contributed by atoms with van der Waals surface area (Å²) in [6.07, 6.45) is -6.32. The van der Waals surface area contributed by atoms with Crippen molar-refractivity contribution in [2.45, 2.75) is 30.7 Å². The number of ether oxygens (including phenoxy) is 2. The number of benzene rings is 1. The molecule has 0 amide bonds. The Hall–Kier alpha value is -2.63. The lowest BCUT2D eigenvalue weighted by atomic mass is 9.99. The van der Waals surface area contributed by atoms with Gasteiger partial charge < -0.3 is 43.8 Å². The molecule has 0 saturated carbocycles. The summed E-state index contributed by atoms with van der Waals surface area (Å²) in [4.78, 5) is 11.6. The molecule has 1 aliphatic heterocycles. The lowest BCUT2D eigenvalue weighted by Crippen LogP contribution is -2.60. The van der Waals surface area contributed by atoms with Crippen LogP contribution in [0.25, 0.3) is 21.9 Å². The van der Waals surface area contributed by atoms with Crippen LogP contribution in [0.2, 0.25) is 0 Å². The topological polar surface area (TPSA) is 163 Å². The quantitative estimate of drug-likeness (QED) is 0.372. The van der Waals surface area contributed by atoms with Crippen LogP contribution in [-0.4, -0.2) is 62.8 Å². The zero-order valence-electron chi connectivity index (χ0n) is 13.7.